The number of hydrogen-bond donors (Lipinski definition) is 1. The highest BCUT2D eigenvalue weighted by atomic mass is 19.3. The van der Waals surface area contributed by atoms with E-state index in [1.807, 2.05) is 27.7 Å². The van der Waals surface area contributed by atoms with Crippen LogP contribution in [0.2, 0.25) is 0 Å². The second kappa shape index (κ2) is 5.39. The Morgan fingerprint density at radius 2 is 1.94 bits per heavy atom. The van der Waals surface area contributed by atoms with Gasteiger partial charge in [-0.2, -0.15) is 5.10 Å². The Balaban J connectivity index is 2.80. The Labute approximate surface area is 94.8 Å². The molecule has 1 N–H and O–H groups in total. The molecule has 0 saturated heterocycles. The van der Waals surface area contributed by atoms with Crippen LogP contribution in [0.15, 0.2) is 0 Å². The van der Waals surface area contributed by atoms with Crippen LogP contribution in [0.5, 0.6) is 0 Å². The van der Waals surface area contributed by atoms with Gasteiger partial charge < -0.3 is 5.32 Å². The second-order valence-electron chi connectivity index (χ2n) is 4.26. The molecule has 0 amide bonds. The Morgan fingerprint density at radius 1 is 1.31 bits per heavy atom. The van der Waals surface area contributed by atoms with Crippen molar-refractivity contribution >= 4 is 0 Å². The fraction of sp³-hybridized carbons (Fsp3) is 0.727. The minimum Gasteiger partial charge on any atom is -0.310 e. The molecule has 0 aromatic carbocycles. The first-order valence-corrected chi connectivity index (χ1v) is 5.46. The third-order valence-corrected chi connectivity index (χ3v) is 2.53. The lowest BCUT2D eigenvalue weighted by molar-refractivity contribution is 0.121. The minimum atomic E-state index is -2.36. The monoisotopic (exact) mass is 231 g/mol. The number of aryl methyl sites for hydroxylation is 1. The molecule has 0 fully saturated rings. The fourth-order valence-corrected chi connectivity index (χ4v) is 1.60. The SMILES string of the molecule is Cc1nn(CC(F)F)c(C)c1CNC(C)C. The molecule has 0 aliphatic carbocycles. The van der Waals surface area contributed by atoms with Gasteiger partial charge in [-0.05, 0) is 13.8 Å². The Hall–Kier alpha value is -0.970. The molecule has 1 aromatic heterocycles. The van der Waals surface area contributed by atoms with Crippen LogP contribution in [0, 0.1) is 13.8 Å². The van der Waals surface area contributed by atoms with Gasteiger partial charge in [0.05, 0.1) is 5.69 Å². The van der Waals surface area contributed by atoms with Crippen LogP contribution in [0.1, 0.15) is 30.8 Å². The summed E-state index contributed by atoms with van der Waals surface area (Å²) in [7, 11) is 0. The molecule has 0 aliphatic heterocycles. The molecule has 5 heteroatoms. The topological polar surface area (TPSA) is 29.9 Å². The van der Waals surface area contributed by atoms with E-state index < -0.39 is 6.43 Å². The minimum absolute atomic E-state index is 0.325. The summed E-state index contributed by atoms with van der Waals surface area (Å²) in [6.45, 7) is 8.14. The van der Waals surface area contributed by atoms with Crippen molar-refractivity contribution in [1.29, 1.82) is 0 Å². The number of rotatable bonds is 5. The van der Waals surface area contributed by atoms with Gasteiger partial charge in [0.1, 0.15) is 6.54 Å². The molecule has 0 unspecified atom stereocenters. The highest BCUT2D eigenvalue weighted by Crippen LogP contribution is 2.14. The number of alkyl halides is 2. The highest BCUT2D eigenvalue weighted by Gasteiger charge is 2.14. The predicted molar refractivity (Wildman–Crippen MR) is 59.7 cm³/mol. The fourth-order valence-electron chi connectivity index (χ4n) is 1.60. The average Bonchev–Trinajstić information content (AvgIpc) is 2.39. The maximum atomic E-state index is 12.3. The van der Waals surface area contributed by atoms with Crippen LogP contribution < -0.4 is 5.32 Å². The molecule has 0 spiro atoms. The van der Waals surface area contributed by atoms with Crippen LogP contribution in [0.3, 0.4) is 0 Å². The molecule has 0 saturated carbocycles. The molecule has 92 valence electrons. The molecule has 3 nitrogen and oxygen atoms in total. The van der Waals surface area contributed by atoms with Crippen LogP contribution in [-0.2, 0) is 13.1 Å². The van der Waals surface area contributed by atoms with Crippen molar-refractivity contribution in [2.45, 2.75) is 53.3 Å². The lowest BCUT2D eigenvalue weighted by Crippen LogP contribution is -2.22. The summed E-state index contributed by atoms with van der Waals surface area (Å²) in [5, 5.41) is 7.39. The molecule has 0 atom stereocenters. The van der Waals surface area contributed by atoms with E-state index in [4.69, 9.17) is 0 Å². The molecule has 0 bridgehead atoms. The summed E-state index contributed by atoms with van der Waals surface area (Å²) in [6.07, 6.45) is -2.36. The van der Waals surface area contributed by atoms with Gasteiger partial charge >= 0.3 is 0 Å². The summed E-state index contributed by atoms with van der Waals surface area (Å²) in [4.78, 5) is 0. The Bertz CT molecular complexity index is 345. The van der Waals surface area contributed by atoms with Crippen molar-refractivity contribution in [2.24, 2.45) is 0 Å². The van der Waals surface area contributed by atoms with Crippen LogP contribution in [-0.4, -0.2) is 22.2 Å². The molecular formula is C11H19F2N3. The zero-order valence-corrected chi connectivity index (χ0v) is 10.2. The van der Waals surface area contributed by atoms with E-state index in [1.165, 1.54) is 4.68 Å². The maximum Gasteiger partial charge on any atom is 0.257 e. The van der Waals surface area contributed by atoms with Crippen molar-refractivity contribution in [1.82, 2.24) is 15.1 Å². The van der Waals surface area contributed by atoms with Gasteiger partial charge in [-0.1, -0.05) is 13.8 Å². The third-order valence-electron chi connectivity index (χ3n) is 2.53. The van der Waals surface area contributed by atoms with Gasteiger partial charge in [-0.3, -0.25) is 4.68 Å². The molecule has 1 heterocycles. The maximum absolute atomic E-state index is 12.3. The Morgan fingerprint density at radius 3 is 2.44 bits per heavy atom. The van der Waals surface area contributed by atoms with Crippen molar-refractivity contribution in [3.8, 4) is 0 Å². The van der Waals surface area contributed by atoms with E-state index >= 15 is 0 Å². The van der Waals surface area contributed by atoms with E-state index in [0.29, 0.717) is 12.6 Å². The summed E-state index contributed by atoms with van der Waals surface area (Å²) < 4.78 is 25.9. The van der Waals surface area contributed by atoms with E-state index in [1.54, 1.807) is 0 Å². The largest absolute Gasteiger partial charge is 0.310 e. The first-order valence-electron chi connectivity index (χ1n) is 5.46. The van der Waals surface area contributed by atoms with Gasteiger partial charge in [-0.25, -0.2) is 8.78 Å². The van der Waals surface area contributed by atoms with Gasteiger partial charge in [0.2, 0.25) is 0 Å². The first-order chi connectivity index (χ1) is 7.41. The highest BCUT2D eigenvalue weighted by molar-refractivity contribution is 5.24. The van der Waals surface area contributed by atoms with Gasteiger partial charge in [0, 0.05) is 23.8 Å². The van der Waals surface area contributed by atoms with E-state index in [2.05, 4.69) is 10.4 Å². The van der Waals surface area contributed by atoms with E-state index in [0.717, 1.165) is 17.0 Å². The molecule has 1 aromatic rings. The molecule has 0 aliphatic rings. The number of aromatic nitrogens is 2. The zero-order chi connectivity index (χ0) is 12.3. The van der Waals surface area contributed by atoms with Crippen molar-refractivity contribution in [3.63, 3.8) is 0 Å². The number of halogens is 2. The second-order valence-corrected chi connectivity index (χ2v) is 4.26. The standard InChI is InChI=1S/C11H19F2N3/c1-7(2)14-5-10-8(3)15-16(9(10)4)6-11(12)13/h7,11,14H,5-6H2,1-4H3. The third kappa shape index (κ3) is 3.27. The summed E-state index contributed by atoms with van der Waals surface area (Å²) in [6, 6.07) is 0.372. The molecule has 1 rings (SSSR count). The lowest BCUT2D eigenvalue weighted by Gasteiger charge is -2.08. The zero-order valence-electron chi connectivity index (χ0n) is 10.2. The van der Waals surface area contributed by atoms with Gasteiger partial charge in [0.25, 0.3) is 6.43 Å². The van der Waals surface area contributed by atoms with Gasteiger partial charge in [0.15, 0.2) is 0 Å². The summed E-state index contributed by atoms with van der Waals surface area (Å²) in [5.41, 5.74) is 2.67. The number of hydrogen-bond acceptors (Lipinski definition) is 2. The molecule has 16 heavy (non-hydrogen) atoms. The van der Waals surface area contributed by atoms with Crippen molar-refractivity contribution in [3.05, 3.63) is 17.0 Å². The van der Waals surface area contributed by atoms with Crippen LogP contribution in [0.25, 0.3) is 0 Å². The lowest BCUT2D eigenvalue weighted by atomic mass is 10.2. The molecular weight excluding hydrogens is 212 g/mol. The first kappa shape index (κ1) is 13.1. The van der Waals surface area contributed by atoms with E-state index in [9.17, 15) is 8.78 Å². The number of nitrogens with zero attached hydrogens (tertiary/aromatic N) is 2. The number of nitrogens with one attached hydrogen (secondary N) is 1. The van der Waals surface area contributed by atoms with Crippen LogP contribution >= 0.6 is 0 Å². The predicted octanol–water partition coefficient (Wildman–Crippen LogP) is 2.26. The summed E-state index contributed by atoms with van der Waals surface area (Å²) >= 11 is 0. The Kier molecular flexibility index (Phi) is 4.41. The van der Waals surface area contributed by atoms with Crippen molar-refractivity contribution < 1.29 is 8.78 Å². The average molecular weight is 231 g/mol. The molecule has 0 radical (unpaired) electrons. The van der Waals surface area contributed by atoms with Crippen molar-refractivity contribution in [2.75, 3.05) is 0 Å². The smallest absolute Gasteiger partial charge is 0.257 e. The van der Waals surface area contributed by atoms with Gasteiger partial charge in [-0.15, -0.1) is 0 Å². The normalized spacial score (nSPS) is 11.8. The summed E-state index contributed by atoms with van der Waals surface area (Å²) in [5.74, 6) is 0. The van der Waals surface area contributed by atoms with E-state index in [-0.39, 0.29) is 6.54 Å². The van der Waals surface area contributed by atoms with Crippen LogP contribution in [0.4, 0.5) is 8.78 Å². The quantitative estimate of drug-likeness (QED) is 0.842.